The van der Waals surface area contributed by atoms with Crippen LogP contribution in [0.2, 0.25) is 0 Å². The highest BCUT2D eigenvalue weighted by molar-refractivity contribution is 7.99. The zero-order valence-electron chi connectivity index (χ0n) is 11.5. The molecule has 20 heavy (non-hydrogen) atoms. The van der Waals surface area contributed by atoms with E-state index in [1.54, 1.807) is 18.5 Å². The van der Waals surface area contributed by atoms with Crippen LogP contribution in [0.5, 0.6) is 0 Å². The maximum Gasteiger partial charge on any atom is 0.255 e. The predicted octanol–water partition coefficient (Wildman–Crippen LogP) is 1.39. The Kier molecular flexibility index (Phi) is 5.45. The molecule has 2 heterocycles. The van der Waals surface area contributed by atoms with Crippen LogP contribution in [-0.2, 0) is 0 Å². The quantitative estimate of drug-likeness (QED) is 0.836. The van der Waals surface area contributed by atoms with Gasteiger partial charge in [-0.2, -0.15) is 11.8 Å². The zero-order valence-corrected chi connectivity index (χ0v) is 12.3. The fourth-order valence-corrected chi connectivity index (χ4v) is 3.09. The molecule has 0 aliphatic carbocycles. The van der Waals surface area contributed by atoms with Crippen LogP contribution in [0.15, 0.2) is 18.5 Å². The van der Waals surface area contributed by atoms with Crippen molar-refractivity contribution in [2.24, 2.45) is 0 Å². The number of pyridine rings is 1. The molecule has 1 N–H and O–H groups in total. The summed E-state index contributed by atoms with van der Waals surface area (Å²) in [7, 11) is 0. The summed E-state index contributed by atoms with van der Waals surface area (Å²) in [6.07, 6.45) is 3.63. The van der Waals surface area contributed by atoms with Gasteiger partial charge in [0.2, 0.25) is 0 Å². The topological polar surface area (TPSA) is 53.4 Å². The Morgan fingerprint density at radius 2 is 2.50 bits per heavy atom. The summed E-state index contributed by atoms with van der Waals surface area (Å²) in [5, 5.41) is 8.77. The van der Waals surface area contributed by atoms with E-state index in [0.717, 1.165) is 18.1 Å². The SMILES string of the molecule is CC1CSCCN1C(=O)c1ccncc1C#CCCO. The van der Waals surface area contributed by atoms with Crippen molar-refractivity contribution in [1.82, 2.24) is 9.88 Å². The van der Waals surface area contributed by atoms with Gasteiger partial charge in [0.05, 0.1) is 17.7 Å². The maximum atomic E-state index is 12.6. The van der Waals surface area contributed by atoms with E-state index in [4.69, 9.17) is 5.11 Å². The fraction of sp³-hybridized carbons (Fsp3) is 0.467. The van der Waals surface area contributed by atoms with Crippen molar-refractivity contribution in [2.45, 2.75) is 19.4 Å². The van der Waals surface area contributed by atoms with Gasteiger partial charge in [-0.25, -0.2) is 0 Å². The van der Waals surface area contributed by atoms with Crippen molar-refractivity contribution < 1.29 is 9.90 Å². The summed E-state index contributed by atoms with van der Waals surface area (Å²) in [5.74, 6) is 7.74. The molecule has 1 amide bonds. The largest absolute Gasteiger partial charge is 0.395 e. The summed E-state index contributed by atoms with van der Waals surface area (Å²) < 4.78 is 0. The van der Waals surface area contributed by atoms with Crippen LogP contribution in [0, 0.1) is 11.8 Å². The number of hydrogen-bond donors (Lipinski definition) is 1. The Morgan fingerprint density at radius 1 is 1.65 bits per heavy atom. The van der Waals surface area contributed by atoms with Crippen molar-refractivity contribution in [3.05, 3.63) is 29.6 Å². The highest BCUT2D eigenvalue weighted by Crippen LogP contribution is 2.19. The molecule has 4 nitrogen and oxygen atoms in total. The molecule has 0 spiro atoms. The average Bonchev–Trinajstić information content (AvgIpc) is 2.48. The lowest BCUT2D eigenvalue weighted by Gasteiger charge is -2.33. The molecule has 0 radical (unpaired) electrons. The maximum absolute atomic E-state index is 12.6. The normalized spacial score (nSPS) is 18.3. The first-order valence-corrected chi connectivity index (χ1v) is 7.82. The molecule has 1 aromatic heterocycles. The van der Waals surface area contributed by atoms with Crippen molar-refractivity contribution in [2.75, 3.05) is 24.7 Å². The number of amides is 1. The van der Waals surface area contributed by atoms with E-state index in [1.165, 1.54) is 0 Å². The van der Waals surface area contributed by atoms with E-state index in [2.05, 4.69) is 23.7 Å². The lowest BCUT2D eigenvalue weighted by atomic mass is 10.1. The van der Waals surface area contributed by atoms with Gasteiger partial charge in [-0.15, -0.1) is 0 Å². The number of aliphatic hydroxyl groups is 1. The molecule has 106 valence electrons. The molecule has 5 heteroatoms. The number of nitrogens with zero attached hydrogens (tertiary/aromatic N) is 2. The minimum absolute atomic E-state index is 0.0218. The van der Waals surface area contributed by atoms with Gasteiger partial charge in [0, 0.05) is 42.9 Å². The number of carbonyl (C=O) groups is 1. The molecule has 1 unspecified atom stereocenters. The highest BCUT2D eigenvalue weighted by atomic mass is 32.2. The lowest BCUT2D eigenvalue weighted by molar-refractivity contribution is 0.0715. The molecule has 0 bridgehead atoms. The number of thioether (sulfide) groups is 1. The standard InChI is InChI=1S/C15H18N2O2S/c1-12-11-20-9-7-17(12)15(19)14-5-6-16-10-13(14)4-2-3-8-18/h5-6,10,12,18H,3,7-9,11H2,1H3. The monoisotopic (exact) mass is 290 g/mol. The molecule has 1 aliphatic heterocycles. The fourth-order valence-electron chi connectivity index (χ4n) is 2.08. The van der Waals surface area contributed by atoms with E-state index in [1.807, 2.05) is 16.7 Å². The van der Waals surface area contributed by atoms with Gasteiger partial charge >= 0.3 is 0 Å². The van der Waals surface area contributed by atoms with Gasteiger partial charge in [-0.1, -0.05) is 11.8 Å². The Bertz CT molecular complexity index is 536. The van der Waals surface area contributed by atoms with Gasteiger partial charge in [-0.3, -0.25) is 9.78 Å². The first-order valence-electron chi connectivity index (χ1n) is 6.66. The van der Waals surface area contributed by atoms with E-state index >= 15 is 0 Å². The number of aliphatic hydroxyl groups excluding tert-OH is 1. The first-order chi connectivity index (χ1) is 9.74. The second kappa shape index (κ2) is 7.32. The Labute approximate surface area is 123 Å². The van der Waals surface area contributed by atoms with E-state index < -0.39 is 0 Å². The molecule has 1 saturated heterocycles. The van der Waals surface area contributed by atoms with Crippen LogP contribution in [0.3, 0.4) is 0 Å². The summed E-state index contributed by atoms with van der Waals surface area (Å²) >= 11 is 1.88. The van der Waals surface area contributed by atoms with Gasteiger partial charge in [-0.05, 0) is 13.0 Å². The Morgan fingerprint density at radius 3 is 3.25 bits per heavy atom. The van der Waals surface area contributed by atoms with E-state index in [9.17, 15) is 4.79 Å². The van der Waals surface area contributed by atoms with Crippen molar-refractivity contribution >= 4 is 17.7 Å². The van der Waals surface area contributed by atoms with Gasteiger partial charge in [0.25, 0.3) is 5.91 Å². The third kappa shape index (κ3) is 3.53. The highest BCUT2D eigenvalue weighted by Gasteiger charge is 2.25. The summed E-state index contributed by atoms with van der Waals surface area (Å²) in [4.78, 5) is 18.6. The third-order valence-electron chi connectivity index (χ3n) is 3.14. The summed E-state index contributed by atoms with van der Waals surface area (Å²) in [6, 6.07) is 1.97. The van der Waals surface area contributed by atoms with Crippen LogP contribution in [0.1, 0.15) is 29.3 Å². The minimum Gasteiger partial charge on any atom is -0.395 e. The lowest BCUT2D eigenvalue weighted by Crippen LogP contribution is -2.44. The van der Waals surface area contributed by atoms with Crippen molar-refractivity contribution in [3.63, 3.8) is 0 Å². The Hall–Kier alpha value is -1.51. The van der Waals surface area contributed by atoms with Gasteiger partial charge in [0.1, 0.15) is 0 Å². The summed E-state index contributed by atoms with van der Waals surface area (Å²) in [6.45, 7) is 2.87. The molecule has 1 fully saturated rings. The van der Waals surface area contributed by atoms with Crippen LogP contribution < -0.4 is 0 Å². The molecule has 0 aromatic carbocycles. The Balaban J connectivity index is 2.23. The molecular weight excluding hydrogens is 272 g/mol. The van der Waals surface area contributed by atoms with Crippen LogP contribution in [0.4, 0.5) is 0 Å². The number of carbonyl (C=O) groups excluding carboxylic acids is 1. The van der Waals surface area contributed by atoms with E-state index in [-0.39, 0.29) is 18.6 Å². The molecule has 0 saturated carbocycles. The average molecular weight is 290 g/mol. The van der Waals surface area contributed by atoms with Gasteiger partial charge < -0.3 is 10.0 Å². The zero-order chi connectivity index (χ0) is 14.4. The first kappa shape index (κ1) is 14.9. The van der Waals surface area contributed by atoms with Crippen molar-refractivity contribution in [3.8, 4) is 11.8 Å². The molecule has 1 aliphatic rings. The number of rotatable bonds is 2. The van der Waals surface area contributed by atoms with Crippen LogP contribution in [0.25, 0.3) is 0 Å². The second-order valence-electron chi connectivity index (χ2n) is 4.62. The van der Waals surface area contributed by atoms with Crippen LogP contribution in [-0.4, -0.2) is 51.6 Å². The molecular formula is C15H18N2O2S. The molecule has 2 rings (SSSR count). The number of aromatic nitrogens is 1. The van der Waals surface area contributed by atoms with Gasteiger partial charge in [0.15, 0.2) is 0 Å². The van der Waals surface area contributed by atoms with E-state index in [0.29, 0.717) is 17.5 Å². The number of hydrogen-bond acceptors (Lipinski definition) is 4. The molecule has 1 aromatic rings. The van der Waals surface area contributed by atoms with Crippen molar-refractivity contribution in [1.29, 1.82) is 0 Å². The minimum atomic E-state index is 0.0218. The predicted molar refractivity (Wildman–Crippen MR) is 80.6 cm³/mol. The third-order valence-corrected chi connectivity index (χ3v) is 4.33. The molecule has 1 atom stereocenters. The smallest absolute Gasteiger partial charge is 0.255 e. The second-order valence-corrected chi connectivity index (χ2v) is 5.77. The summed E-state index contributed by atoms with van der Waals surface area (Å²) in [5.41, 5.74) is 1.24. The van der Waals surface area contributed by atoms with Crippen LogP contribution >= 0.6 is 11.8 Å².